The molecule has 4 aliphatic rings. The highest BCUT2D eigenvalue weighted by Crippen LogP contribution is 2.41. The predicted molar refractivity (Wildman–Crippen MR) is 163 cm³/mol. The molecule has 0 aromatic rings. The third-order valence-electron chi connectivity index (χ3n) is 10.4. The van der Waals surface area contributed by atoms with Crippen LogP contribution in [0.4, 0.5) is 13.2 Å². The zero-order valence-electron chi connectivity index (χ0n) is 27.0. The molecule has 0 aromatic carbocycles. The summed E-state index contributed by atoms with van der Waals surface area (Å²) < 4.78 is 55.7. The van der Waals surface area contributed by atoms with Crippen molar-refractivity contribution in [1.29, 1.82) is 5.26 Å². The normalized spacial score (nSPS) is 38.1. The van der Waals surface area contributed by atoms with Crippen molar-refractivity contribution in [3.8, 4) is 6.07 Å². The first kappa shape index (κ1) is 35.4. The molecule has 9 nitrogen and oxygen atoms in total. The van der Waals surface area contributed by atoms with Crippen molar-refractivity contribution in [3.05, 3.63) is 0 Å². The molecule has 2 heterocycles. The molecule has 12 heteroatoms. The molecule has 2 saturated heterocycles. The molecule has 4 fully saturated rings. The van der Waals surface area contributed by atoms with Crippen LogP contribution in [0.1, 0.15) is 71.6 Å². The Morgan fingerprint density at radius 1 is 1.09 bits per heavy atom. The Kier molecular flexibility index (Phi) is 13.2. The number of nitrogens with one attached hydrogen (secondary N) is 4. The lowest BCUT2D eigenvalue weighted by Gasteiger charge is -2.51. The van der Waals surface area contributed by atoms with E-state index in [1.165, 1.54) is 0 Å². The number of amides is 1. The van der Waals surface area contributed by atoms with E-state index in [9.17, 15) is 23.2 Å². The molecule has 44 heavy (non-hydrogen) atoms. The molecular weight excluding hydrogens is 573 g/mol. The van der Waals surface area contributed by atoms with Gasteiger partial charge in [0.05, 0.1) is 42.8 Å². The number of carbonyl (C=O) groups excluding carboxylic acids is 1. The predicted octanol–water partition coefficient (Wildman–Crippen LogP) is 3.20. The molecular formula is C32H55F3N6O3. The van der Waals surface area contributed by atoms with Gasteiger partial charge in [-0.3, -0.25) is 4.79 Å². The second-order valence-electron chi connectivity index (χ2n) is 13.9. The second kappa shape index (κ2) is 16.4. The van der Waals surface area contributed by atoms with E-state index in [0.29, 0.717) is 57.8 Å². The maximum absolute atomic E-state index is 14.5. The topological polar surface area (TPSA) is 111 Å². The number of nitriles is 1. The van der Waals surface area contributed by atoms with Crippen molar-refractivity contribution in [2.75, 3.05) is 46.9 Å². The number of fused-ring (bicyclic) bond motifs is 1. The van der Waals surface area contributed by atoms with E-state index in [-0.39, 0.29) is 42.5 Å². The lowest BCUT2D eigenvalue weighted by atomic mass is 9.69. The molecule has 11 unspecified atom stereocenters. The monoisotopic (exact) mass is 628 g/mol. The van der Waals surface area contributed by atoms with E-state index in [0.717, 1.165) is 32.4 Å². The molecule has 2 aliphatic heterocycles. The second-order valence-corrected chi connectivity index (χ2v) is 13.9. The number of hydrogen-bond acceptors (Lipinski definition) is 8. The van der Waals surface area contributed by atoms with Crippen LogP contribution in [0.15, 0.2) is 0 Å². The fraction of sp³-hybridized carbons (Fsp3) is 0.938. The SMILES string of the molecule is CCOC1CC2NCC(C#N)C(NC3CCC(OCC4NCCCC4C)CC3C(F)(F)F)C2CC1NC(=O)CCCN(C)C. The van der Waals surface area contributed by atoms with Gasteiger partial charge in [-0.05, 0) is 97.3 Å². The Bertz CT molecular complexity index is 949. The quantitative estimate of drug-likeness (QED) is 0.261. The number of rotatable bonds is 12. The highest BCUT2D eigenvalue weighted by molar-refractivity contribution is 5.76. The van der Waals surface area contributed by atoms with Crippen molar-refractivity contribution in [3.63, 3.8) is 0 Å². The highest BCUT2D eigenvalue weighted by Gasteiger charge is 2.52. The summed E-state index contributed by atoms with van der Waals surface area (Å²) in [6.45, 7) is 7.18. The zero-order valence-corrected chi connectivity index (χ0v) is 27.0. The molecule has 252 valence electrons. The summed E-state index contributed by atoms with van der Waals surface area (Å²) in [5, 5.41) is 23.6. The Labute approximate surface area is 261 Å². The number of hydrogen-bond donors (Lipinski definition) is 4. The summed E-state index contributed by atoms with van der Waals surface area (Å²) in [6, 6.07) is 1.08. The van der Waals surface area contributed by atoms with Gasteiger partial charge in [0.15, 0.2) is 0 Å². The zero-order chi connectivity index (χ0) is 31.9. The number of ether oxygens (including phenoxy) is 2. The minimum atomic E-state index is -4.37. The molecule has 0 radical (unpaired) electrons. The van der Waals surface area contributed by atoms with E-state index in [1.54, 1.807) is 0 Å². The molecule has 11 atom stereocenters. The van der Waals surface area contributed by atoms with Gasteiger partial charge in [0, 0.05) is 43.7 Å². The fourth-order valence-corrected chi connectivity index (χ4v) is 7.95. The summed E-state index contributed by atoms with van der Waals surface area (Å²) in [6.07, 6.45) is 0.354. The Balaban J connectivity index is 1.43. The average molecular weight is 629 g/mol. The Hall–Kier alpha value is -1.49. The van der Waals surface area contributed by atoms with Gasteiger partial charge in [0.1, 0.15) is 0 Å². The van der Waals surface area contributed by atoms with E-state index >= 15 is 0 Å². The van der Waals surface area contributed by atoms with Crippen molar-refractivity contribution >= 4 is 5.91 Å². The summed E-state index contributed by atoms with van der Waals surface area (Å²) >= 11 is 0. The van der Waals surface area contributed by atoms with Gasteiger partial charge in [-0.25, -0.2) is 0 Å². The van der Waals surface area contributed by atoms with E-state index in [1.807, 2.05) is 25.9 Å². The summed E-state index contributed by atoms with van der Waals surface area (Å²) in [7, 11) is 3.94. The lowest BCUT2D eigenvalue weighted by molar-refractivity contribution is -0.202. The minimum Gasteiger partial charge on any atom is -0.377 e. The fourth-order valence-electron chi connectivity index (χ4n) is 7.95. The van der Waals surface area contributed by atoms with Crippen LogP contribution in [0.3, 0.4) is 0 Å². The van der Waals surface area contributed by atoms with Crippen LogP contribution in [0.25, 0.3) is 0 Å². The smallest absolute Gasteiger partial charge is 0.377 e. The van der Waals surface area contributed by atoms with Crippen LogP contribution in [0.5, 0.6) is 0 Å². The van der Waals surface area contributed by atoms with Gasteiger partial charge in [-0.2, -0.15) is 18.4 Å². The third-order valence-corrected chi connectivity index (χ3v) is 10.4. The van der Waals surface area contributed by atoms with Crippen molar-refractivity contribution < 1.29 is 27.4 Å². The number of alkyl halides is 3. The van der Waals surface area contributed by atoms with Gasteiger partial charge in [-0.1, -0.05) is 6.92 Å². The van der Waals surface area contributed by atoms with Crippen LogP contribution in [-0.2, 0) is 14.3 Å². The number of nitrogens with zero attached hydrogens (tertiary/aromatic N) is 2. The molecule has 0 aromatic heterocycles. The average Bonchev–Trinajstić information content (AvgIpc) is 2.97. The highest BCUT2D eigenvalue weighted by atomic mass is 19.4. The molecule has 4 rings (SSSR count). The third kappa shape index (κ3) is 9.52. The maximum atomic E-state index is 14.5. The van der Waals surface area contributed by atoms with Crippen molar-refractivity contribution in [1.82, 2.24) is 26.2 Å². The Morgan fingerprint density at radius 2 is 1.89 bits per heavy atom. The molecule has 2 saturated carbocycles. The minimum absolute atomic E-state index is 0.00969. The standard InChI is InChI=1S/C32H55F3N6O3/c1-5-43-29-16-26-23(15-27(29)39-30(42)9-7-13-41(3)4)31(21(17-36)18-38-26)40-25-11-10-22(14-24(25)32(33,34)35)44-19-28-20(2)8-6-12-37-28/h20-29,31,37-38,40H,5-16,18-19H2,1-4H3,(H,39,42). The summed E-state index contributed by atoms with van der Waals surface area (Å²) in [4.78, 5) is 14.9. The van der Waals surface area contributed by atoms with Crippen LogP contribution < -0.4 is 21.3 Å². The first-order chi connectivity index (χ1) is 21.0. The van der Waals surface area contributed by atoms with Crippen LogP contribution in [0.2, 0.25) is 0 Å². The first-order valence-electron chi connectivity index (χ1n) is 16.9. The van der Waals surface area contributed by atoms with Gasteiger partial charge in [0.25, 0.3) is 0 Å². The summed E-state index contributed by atoms with van der Waals surface area (Å²) in [5.41, 5.74) is 0. The molecule has 2 aliphatic carbocycles. The van der Waals surface area contributed by atoms with E-state index in [2.05, 4.69) is 34.3 Å². The van der Waals surface area contributed by atoms with Gasteiger partial charge < -0.3 is 35.6 Å². The van der Waals surface area contributed by atoms with Crippen molar-refractivity contribution in [2.45, 2.75) is 120 Å². The molecule has 1 amide bonds. The number of halogens is 3. The van der Waals surface area contributed by atoms with Gasteiger partial charge in [-0.15, -0.1) is 0 Å². The van der Waals surface area contributed by atoms with Gasteiger partial charge >= 0.3 is 6.18 Å². The van der Waals surface area contributed by atoms with Gasteiger partial charge in [0.2, 0.25) is 5.91 Å². The largest absolute Gasteiger partial charge is 0.393 e. The number of carbonyl (C=O) groups is 1. The van der Waals surface area contributed by atoms with Crippen LogP contribution in [0, 0.1) is 35.0 Å². The molecule has 0 spiro atoms. The summed E-state index contributed by atoms with van der Waals surface area (Å²) in [5.74, 6) is -1.73. The van der Waals surface area contributed by atoms with E-state index in [4.69, 9.17) is 9.47 Å². The maximum Gasteiger partial charge on any atom is 0.393 e. The van der Waals surface area contributed by atoms with Crippen LogP contribution in [-0.4, -0.2) is 106 Å². The van der Waals surface area contributed by atoms with Crippen LogP contribution >= 0.6 is 0 Å². The molecule has 0 bridgehead atoms. The molecule has 4 N–H and O–H groups in total. The number of piperidine rings is 2. The Morgan fingerprint density at radius 3 is 2.57 bits per heavy atom. The lowest BCUT2D eigenvalue weighted by Crippen LogP contribution is -2.67. The van der Waals surface area contributed by atoms with Crippen molar-refractivity contribution in [2.24, 2.45) is 23.7 Å². The van der Waals surface area contributed by atoms with E-state index < -0.39 is 36.2 Å². The first-order valence-corrected chi connectivity index (χ1v) is 16.9.